The highest BCUT2D eigenvalue weighted by atomic mass is 14.7. The van der Waals surface area contributed by atoms with Crippen molar-refractivity contribution in [3.05, 3.63) is 53.7 Å². The SMILES string of the molecule is CC(C)(C)c1ccc(-c2ncccc2CN)cc1. The first-order valence-electron chi connectivity index (χ1n) is 6.27. The molecule has 1 aromatic carbocycles. The van der Waals surface area contributed by atoms with Gasteiger partial charge in [-0.05, 0) is 22.6 Å². The van der Waals surface area contributed by atoms with Crippen LogP contribution in [0.3, 0.4) is 0 Å². The summed E-state index contributed by atoms with van der Waals surface area (Å²) in [5.74, 6) is 0. The minimum atomic E-state index is 0.180. The van der Waals surface area contributed by atoms with Crippen LogP contribution in [-0.2, 0) is 12.0 Å². The maximum Gasteiger partial charge on any atom is 0.0746 e. The Bertz CT molecular complexity index is 522. The lowest BCUT2D eigenvalue weighted by Gasteiger charge is -2.19. The number of rotatable bonds is 2. The Morgan fingerprint density at radius 3 is 2.28 bits per heavy atom. The lowest BCUT2D eigenvalue weighted by molar-refractivity contribution is 0.590. The van der Waals surface area contributed by atoms with Crippen LogP contribution in [0, 0.1) is 0 Å². The molecule has 0 fully saturated rings. The quantitative estimate of drug-likeness (QED) is 0.872. The van der Waals surface area contributed by atoms with Crippen molar-refractivity contribution in [2.75, 3.05) is 0 Å². The summed E-state index contributed by atoms with van der Waals surface area (Å²) in [6, 6.07) is 12.5. The zero-order valence-corrected chi connectivity index (χ0v) is 11.3. The summed E-state index contributed by atoms with van der Waals surface area (Å²) in [5, 5.41) is 0. The minimum Gasteiger partial charge on any atom is -0.326 e. The van der Waals surface area contributed by atoms with E-state index in [2.05, 4.69) is 50.0 Å². The Morgan fingerprint density at radius 2 is 1.72 bits per heavy atom. The molecule has 2 aromatic rings. The van der Waals surface area contributed by atoms with Crippen LogP contribution in [0.15, 0.2) is 42.6 Å². The fourth-order valence-corrected chi connectivity index (χ4v) is 1.99. The van der Waals surface area contributed by atoms with E-state index in [4.69, 9.17) is 5.73 Å². The van der Waals surface area contributed by atoms with Gasteiger partial charge < -0.3 is 5.73 Å². The lowest BCUT2D eigenvalue weighted by atomic mass is 9.86. The zero-order chi connectivity index (χ0) is 13.2. The van der Waals surface area contributed by atoms with Gasteiger partial charge in [0.05, 0.1) is 5.69 Å². The van der Waals surface area contributed by atoms with Crippen LogP contribution in [0.4, 0.5) is 0 Å². The lowest BCUT2D eigenvalue weighted by Crippen LogP contribution is -2.10. The fourth-order valence-electron chi connectivity index (χ4n) is 1.99. The average molecular weight is 240 g/mol. The summed E-state index contributed by atoms with van der Waals surface area (Å²) in [6.45, 7) is 7.17. The van der Waals surface area contributed by atoms with E-state index in [1.807, 2.05) is 18.3 Å². The number of benzene rings is 1. The molecular formula is C16H20N2. The molecule has 0 aliphatic carbocycles. The molecule has 18 heavy (non-hydrogen) atoms. The molecule has 1 aromatic heterocycles. The third kappa shape index (κ3) is 2.59. The molecule has 0 aliphatic rings. The summed E-state index contributed by atoms with van der Waals surface area (Å²) in [6.07, 6.45) is 1.81. The molecule has 0 unspecified atom stereocenters. The number of nitrogens with two attached hydrogens (primary N) is 1. The average Bonchev–Trinajstić information content (AvgIpc) is 2.38. The van der Waals surface area contributed by atoms with Crippen molar-refractivity contribution in [2.45, 2.75) is 32.7 Å². The zero-order valence-electron chi connectivity index (χ0n) is 11.3. The van der Waals surface area contributed by atoms with E-state index in [0.29, 0.717) is 6.54 Å². The molecule has 0 radical (unpaired) electrons. The predicted molar refractivity (Wildman–Crippen MR) is 76.3 cm³/mol. The number of pyridine rings is 1. The molecule has 94 valence electrons. The normalized spacial score (nSPS) is 11.6. The highest BCUT2D eigenvalue weighted by molar-refractivity contribution is 5.63. The van der Waals surface area contributed by atoms with Crippen molar-refractivity contribution < 1.29 is 0 Å². The van der Waals surface area contributed by atoms with Crippen LogP contribution in [0.5, 0.6) is 0 Å². The number of hydrogen-bond acceptors (Lipinski definition) is 2. The minimum absolute atomic E-state index is 0.180. The van der Waals surface area contributed by atoms with Crippen LogP contribution in [0.1, 0.15) is 31.9 Å². The topological polar surface area (TPSA) is 38.9 Å². The van der Waals surface area contributed by atoms with Gasteiger partial charge in [-0.25, -0.2) is 0 Å². The van der Waals surface area contributed by atoms with Crippen LogP contribution >= 0.6 is 0 Å². The van der Waals surface area contributed by atoms with E-state index in [1.165, 1.54) is 5.56 Å². The summed E-state index contributed by atoms with van der Waals surface area (Å²) >= 11 is 0. The van der Waals surface area contributed by atoms with E-state index in [0.717, 1.165) is 16.8 Å². The number of aromatic nitrogens is 1. The third-order valence-corrected chi connectivity index (χ3v) is 3.14. The molecule has 2 N–H and O–H groups in total. The molecule has 0 bridgehead atoms. The molecule has 0 saturated heterocycles. The third-order valence-electron chi connectivity index (χ3n) is 3.14. The first-order valence-corrected chi connectivity index (χ1v) is 6.27. The van der Waals surface area contributed by atoms with Crippen molar-refractivity contribution in [3.63, 3.8) is 0 Å². The monoisotopic (exact) mass is 240 g/mol. The van der Waals surface area contributed by atoms with Gasteiger partial charge in [-0.15, -0.1) is 0 Å². The Kier molecular flexibility index (Phi) is 3.48. The molecule has 0 aliphatic heterocycles. The van der Waals surface area contributed by atoms with Crippen molar-refractivity contribution in [1.82, 2.24) is 4.98 Å². The van der Waals surface area contributed by atoms with Crippen molar-refractivity contribution in [2.24, 2.45) is 5.73 Å². The van der Waals surface area contributed by atoms with Gasteiger partial charge in [0.2, 0.25) is 0 Å². The molecular weight excluding hydrogens is 220 g/mol. The van der Waals surface area contributed by atoms with Gasteiger partial charge in [-0.3, -0.25) is 4.98 Å². The van der Waals surface area contributed by atoms with Crippen LogP contribution in [-0.4, -0.2) is 4.98 Å². The second-order valence-electron chi connectivity index (χ2n) is 5.54. The summed E-state index contributed by atoms with van der Waals surface area (Å²) < 4.78 is 0. The molecule has 0 saturated carbocycles. The molecule has 2 heteroatoms. The first-order chi connectivity index (χ1) is 8.52. The van der Waals surface area contributed by atoms with Crippen LogP contribution in [0.2, 0.25) is 0 Å². The van der Waals surface area contributed by atoms with Gasteiger partial charge in [-0.2, -0.15) is 0 Å². The van der Waals surface area contributed by atoms with Crippen LogP contribution in [0.25, 0.3) is 11.3 Å². The Labute approximate surface area is 109 Å². The van der Waals surface area contributed by atoms with Crippen molar-refractivity contribution in [3.8, 4) is 11.3 Å². The molecule has 0 amide bonds. The van der Waals surface area contributed by atoms with E-state index < -0.39 is 0 Å². The van der Waals surface area contributed by atoms with Gasteiger partial charge >= 0.3 is 0 Å². The standard InChI is InChI=1S/C16H20N2/c1-16(2,3)14-8-6-12(7-9-14)15-13(11-17)5-4-10-18-15/h4-10H,11,17H2,1-3H3. The molecule has 2 rings (SSSR count). The molecule has 0 atom stereocenters. The largest absolute Gasteiger partial charge is 0.326 e. The smallest absolute Gasteiger partial charge is 0.0746 e. The molecule has 0 spiro atoms. The van der Waals surface area contributed by atoms with Gasteiger partial charge in [0.1, 0.15) is 0 Å². The van der Waals surface area contributed by atoms with Crippen molar-refractivity contribution in [1.29, 1.82) is 0 Å². The molecule has 1 heterocycles. The number of nitrogens with zero attached hydrogens (tertiary/aromatic N) is 1. The van der Waals surface area contributed by atoms with Gasteiger partial charge in [0.15, 0.2) is 0 Å². The fraction of sp³-hybridized carbons (Fsp3) is 0.312. The van der Waals surface area contributed by atoms with Gasteiger partial charge in [-0.1, -0.05) is 51.1 Å². The van der Waals surface area contributed by atoms with Gasteiger partial charge in [0.25, 0.3) is 0 Å². The van der Waals surface area contributed by atoms with Crippen LogP contribution < -0.4 is 5.73 Å². The predicted octanol–water partition coefficient (Wildman–Crippen LogP) is 3.50. The van der Waals surface area contributed by atoms with E-state index in [-0.39, 0.29) is 5.41 Å². The Morgan fingerprint density at radius 1 is 1.06 bits per heavy atom. The highest BCUT2D eigenvalue weighted by Crippen LogP contribution is 2.26. The summed E-state index contributed by atoms with van der Waals surface area (Å²) in [4.78, 5) is 4.43. The maximum absolute atomic E-state index is 5.75. The van der Waals surface area contributed by atoms with Gasteiger partial charge in [0, 0.05) is 18.3 Å². The second-order valence-corrected chi connectivity index (χ2v) is 5.54. The van der Waals surface area contributed by atoms with E-state index in [1.54, 1.807) is 0 Å². The highest BCUT2D eigenvalue weighted by Gasteiger charge is 2.13. The van der Waals surface area contributed by atoms with E-state index in [9.17, 15) is 0 Å². The van der Waals surface area contributed by atoms with E-state index >= 15 is 0 Å². The Balaban J connectivity index is 2.41. The van der Waals surface area contributed by atoms with Crippen molar-refractivity contribution >= 4 is 0 Å². The second kappa shape index (κ2) is 4.91. The number of hydrogen-bond donors (Lipinski definition) is 1. The Hall–Kier alpha value is -1.67. The summed E-state index contributed by atoms with van der Waals surface area (Å²) in [5.41, 5.74) is 10.5. The maximum atomic E-state index is 5.75. The first kappa shape index (κ1) is 12.8. The molecule has 2 nitrogen and oxygen atoms in total. The summed E-state index contributed by atoms with van der Waals surface area (Å²) in [7, 11) is 0.